The van der Waals surface area contributed by atoms with Crippen molar-refractivity contribution in [2.24, 2.45) is 0 Å². The van der Waals surface area contributed by atoms with Crippen LogP contribution in [-0.2, 0) is 0 Å². The largest absolute Gasteiger partial charge is 0.494 e. The van der Waals surface area contributed by atoms with Crippen LogP contribution in [0.5, 0.6) is 5.75 Å². The van der Waals surface area contributed by atoms with Gasteiger partial charge in [0.15, 0.2) is 5.75 Å². The first-order valence-electron chi connectivity index (χ1n) is 3.68. The lowest BCUT2D eigenvalue weighted by atomic mass is 10.2. The SMILES string of the molecule is COc1c(S)sc2c(Cl)cccc12. The average Bonchev–Trinajstić information content (AvgIpc) is 2.43. The van der Waals surface area contributed by atoms with Crippen molar-refractivity contribution in [3.8, 4) is 5.75 Å². The lowest BCUT2D eigenvalue weighted by Gasteiger charge is -1.97. The normalized spacial score (nSPS) is 10.7. The number of hydrogen-bond acceptors (Lipinski definition) is 3. The lowest BCUT2D eigenvalue weighted by molar-refractivity contribution is 0.413. The molecule has 2 aromatic rings. The summed E-state index contributed by atoms with van der Waals surface area (Å²) in [5, 5.41) is 1.78. The van der Waals surface area contributed by atoms with E-state index in [-0.39, 0.29) is 0 Å². The van der Waals surface area contributed by atoms with E-state index in [0.717, 1.165) is 25.1 Å². The van der Waals surface area contributed by atoms with E-state index in [1.807, 2.05) is 18.2 Å². The Morgan fingerprint density at radius 2 is 2.23 bits per heavy atom. The molecule has 1 heterocycles. The first kappa shape index (κ1) is 9.19. The van der Waals surface area contributed by atoms with Crippen LogP contribution in [0.15, 0.2) is 22.4 Å². The monoisotopic (exact) mass is 230 g/mol. The van der Waals surface area contributed by atoms with Gasteiger partial charge in [-0.3, -0.25) is 0 Å². The highest BCUT2D eigenvalue weighted by atomic mass is 35.5. The van der Waals surface area contributed by atoms with Crippen molar-refractivity contribution < 1.29 is 4.74 Å². The summed E-state index contributed by atoms with van der Waals surface area (Å²) in [6.45, 7) is 0. The minimum atomic E-state index is 0.751. The minimum Gasteiger partial charge on any atom is -0.494 e. The maximum atomic E-state index is 6.02. The highest BCUT2D eigenvalue weighted by Gasteiger charge is 2.11. The van der Waals surface area contributed by atoms with Crippen molar-refractivity contribution in [2.75, 3.05) is 7.11 Å². The number of hydrogen-bond donors (Lipinski definition) is 1. The van der Waals surface area contributed by atoms with Gasteiger partial charge in [0, 0.05) is 5.39 Å². The first-order valence-corrected chi connectivity index (χ1v) is 5.32. The fourth-order valence-corrected chi connectivity index (χ4v) is 2.94. The van der Waals surface area contributed by atoms with Gasteiger partial charge in [0.1, 0.15) is 4.21 Å². The Morgan fingerprint density at radius 3 is 2.92 bits per heavy atom. The summed E-state index contributed by atoms with van der Waals surface area (Å²) >= 11 is 11.9. The fraction of sp³-hybridized carbons (Fsp3) is 0.111. The van der Waals surface area contributed by atoms with E-state index < -0.39 is 0 Å². The van der Waals surface area contributed by atoms with Gasteiger partial charge in [-0.15, -0.1) is 24.0 Å². The molecule has 0 amide bonds. The molecule has 4 heteroatoms. The molecule has 0 aliphatic heterocycles. The Hall–Kier alpha value is -0.380. The number of benzene rings is 1. The molecule has 0 saturated heterocycles. The highest BCUT2D eigenvalue weighted by Crippen LogP contribution is 2.42. The van der Waals surface area contributed by atoms with E-state index in [0.29, 0.717) is 0 Å². The van der Waals surface area contributed by atoms with Crippen LogP contribution >= 0.6 is 35.6 Å². The molecule has 68 valence electrons. The summed E-state index contributed by atoms with van der Waals surface area (Å²) in [5.41, 5.74) is 0. The molecule has 0 bridgehead atoms. The van der Waals surface area contributed by atoms with Crippen LogP contribution in [-0.4, -0.2) is 7.11 Å². The molecule has 13 heavy (non-hydrogen) atoms. The van der Waals surface area contributed by atoms with Gasteiger partial charge in [-0.2, -0.15) is 0 Å². The van der Waals surface area contributed by atoms with E-state index in [9.17, 15) is 0 Å². The van der Waals surface area contributed by atoms with Gasteiger partial charge >= 0.3 is 0 Å². The second kappa shape index (κ2) is 3.40. The number of thiol groups is 1. The van der Waals surface area contributed by atoms with Crippen LogP contribution in [0.2, 0.25) is 5.02 Å². The molecule has 0 N–H and O–H groups in total. The topological polar surface area (TPSA) is 9.23 Å². The molecular weight excluding hydrogens is 224 g/mol. The van der Waals surface area contributed by atoms with Gasteiger partial charge in [-0.25, -0.2) is 0 Å². The Labute approximate surface area is 90.7 Å². The smallest absolute Gasteiger partial charge is 0.150 e. The zero-order valence-corrected chi connectivity index (χ0v) is 9.34. The van der Waals surface area contributed by atoms with Crippen molar-refractivity contribution in [3.05, 3.63) is 23.2 Å². The van der Waals surface area contributed by atoms with Gasteiger partial charge in [-0.1, -0.05) is 17.7 Å². The van der Waals surface area contributed by atoms with Crippen molar-refractivity contribution in [2.45, 2.75) is 4.21 Å². The fourth-order valence-electron chi connectivity index (χ4n) is 1.25. The third kappa shape index (κ3) is 1.41. The number of halogens is 1. The zero-order valence-electron chi connectivity index (χ0n) is 6.87. The molecule has 0 saturated carbocycles. The van der Waals surface area contributed by atoms with Crippen molar-refractivity contribution >= 4 is 45.7 Å². The summed E-state index contributed by atoms with van der Waals surface area (Å²) in [4.78, 5) is 0. The maximum Gasteiger partial charge on any atom is 0.150 e. The highest BCUT2D eigenvalue weighted by molar-refractivity contribution is 7.83. The van der Waals surface area contributed by atoms with Crippen LogP contribution in [0.3, 0.4) is 0 Å². The molecule has 0 radical (unpaired) electrons. The summed E-state index contributed by atoms with van der Waals surface area (Å²) < 4.78 is 7.13. The Kier molecular flexibility index (Phi) is 2.41. The summed E-state index contributed by atoms with van der Waals surface area (Å²) in [6, 6.07) is 5.76. The number of ether oxygens (including phenoxy) is 1. The van der Waals surface area contributed by atoms with Gasteiger partial charge in [0.25, 0.3) is 0 Å². The predicted molar refractivity (Wildman–Crippen MR) is 60.6 cm³/mol. The van der Waals surface area contributed by atoms with Gasteiger partial charge in [0.05, 0.1) is 16.8 Å². The Balaban J connectivity index is 2.86. The minimum absolute atomic E-state index is 0.751. The van der Waals surface area contributed by atoms with Crippen molar-refractivity contribution in [1.29, 1.82) is 0 Å². The zero-order chi connectivity index (χ0) is 9.42. The number of methoxy groups -OCH3 is 1. The van der Waals surface area contributed by atoms with Gasteiger partial charge in [-0.05, 0) is 12.1 Å². The molecule has 0 unspecified atom stereocenters. The second-order valence-corrected chi connectivity index (χ2v) is 4.73. The molecular formula is C9H7ClOS2. The van der Waals surface area contributed by atoms with Gasteiger partial charge in [0.2, 0.25) is 0 Å². The summed E-state index contributed by atoms with van der Waals surface area (Å²) in [6.07, 6.45) is 0. The van der Waals surface area contributed by atoms with E-state index in [1.165, 1.54) is 11.3 Å². The third-order valence-electron chi connectivity index (χ3n) is 1.81. The van der Waals surface area contributed by atoms with Crippen LogP contribution in [0.25, 0.3) is 10.1 Å². The molecule has 1 aromatic carbocycles. The summed E-state index contributed by atoms with van der Waals surface area (Å²) in [5.74, 6) is 0.811. The number of thiophene rings is 1. The molecule has 1 aromatic heterocycles. The number of fused-ring (bicyclic) bond motifs is 1. The van der Waals surface area contributed by atoms with E-state index in [2.05, 4.69) is 12.6 Å². The van der Waals surface area contributed by atoms with Gasteiger partial charge < -0.3 is 4.74 Å². The van der Waals surface area contributed by atoms with Crippen molar-refractivity contribution in [3.63, 3.8) is 0 Å². The molecule has 0 atom stereocenters. The maximum absolute atomic E-state index is 6.02. The molecule has 0 aliphatic rings. The molecule has 0 fully saturated rings. The van der Waals surface area contributed by atoms with E-state index in [4.69, 9.17) is 16.3 Å². The lowest BCUT2D eigenvalue weighted by Crippen LogP contribution is -1.80. The molecule has 1 nitrogen and oxygen atoms in total. The Morgan fingerprint density at radius 1 is 1.46 bits per heavy atom. The number of rotatable bonds is 1. The van der Waals surface area contributed by atoms with Crippen LogP contribution in [0, 0.1) is 0 Å². The first-order chi connectivity index (χ1) is 6.24. The van der Waals surface area contributed by atoms with Crippen LogP contribution < -0.4 is 4.74 Å². The predicted octanol–water partition coefficient (Wildman–Crippen LogP) is 3.85. The molecule has 0 spiro atoms. The second-order valence-electron chi connectivity index (χ2n) is 2.56. The standard InChI is InChI=1S/C9H7ClOS2/c1-11-7-5-3-2-4-6(10)8(5)13-9(7)12/h2-4,12H,1H3. The Bertz CT molecular complexity index is 450. The van der Waals surface area contributed by atoms with E-state index >= 15 is 0 Å². The van der Waals surface area contributed by atoms with Crippen LogP contribution in [0.4, 0.5) is 0 Å². The molecule has 2 rings (SSSR count). The summed E-state index contributed by atoms with van der Waals surface area (Å²) in [7, 11) is 1.64. The van der Waals surface area contributed by atoms with Crippen molar-refractivity contribution in [1.82, 2.24) is 0 Å². The average molecular weight is 231 g/mol. The van der Waals surface area contributed by atoms with E-state index in [1.54, 1.807) is 7.11 Å². The van der Waals surface area contributed by atoms with Crippen LogP contribution in [0.1, 0.15) is 0 Å². The third-order valence-corrected chi connectivity index (χ3v) is 3.74. The molecule has 0 aliphatic carbocycles. The quantitative estimate of drug-likeness (QED) is 0.733.